The number of nitrogens with zero attached hydrogens (tertiary/aromatic N) is 2. The van der Waals surface area contributed by atoms with Crippen molar-refractivity contribution in [3.63, 3.8) is 0 Å². The molecule has 0 aromatic heterocycles. The van der Waals surface area contributed by atoms with Gasteiger partial charge in [-0.2, -0.15) is 0 Å². The summed E-state index contributed by atoms with van der Waals surface area (Å²) in [5.74, 6) is 0.557. The molecule has 2 fully saturated rings. The molecule has 3 rings (SSSR count). The molecule has 0 saturated carbocycles. The lowest BCUT2D eigenvalue weighted by atomic mass is 9.91. The highest BCUT2D eigenvalue weighted by atomic mass is 79.9. The third-order valence-corrected chi connectivity index (χ3v) is 5.61. The van der Waals surface area contributed by atoms with E-state index in [0.29, 0.717) is 5.92 Å². The number of carbonyl (C=O) groups is 1. The lowest BCUT2D eigenvalue weighted by Crippen LogP contribution is -2.50. The molecule has 2 aliphatic heterocycles. The van der Waals surface area contributed by atoms with Crippen LogP contribution in [0.4, 0.5) is 0 Å². The Kier molecular flexibility index (Phi) is 9.33. The number of rotatable bonds is 4. The Labute approximate surface area is 176 Å². The van der Waals surface area contributed by atoms with Crippen molar-refractivity contribution in [2.45, 2.75) is 18.9 Å². The van der Waals surface area contributed by atoms with Gasteiger partial charge in [-0.25, -0.2) is 0 Å². The number of nitrogens with two attached hydrogens (primary N) is 1. The predicted molar refractivity (Wildman–Crippen MR) is 112 cm³/mol. The lowest BCUT2D eigenvalue weighted by molar-refractivity contribution is -0.135. The van der Waals surface area contributed by atoms with Gasteiger partial charge in [-0.15, -0.1) is 24.8 Å². The van der Waals surface area contributed by atoms with Crippen LogP contribution in [0.3, 0.4) is 0 Å². The van der Waals surface area contributed by atoms with Gasteiger partial charge in [0.2, 0.25) is 5.91 Å². The highest BCUT2D eigenvalue weighted by Crippen LogP contribution is 2.26. The van der Waals surface area contributed by atoms with Crippen LogP contribution in [0.5, 0.6) is 0 Å². The van der Waals surface area contributed by atoms with E-state index in [-0.39, 0.29) is 30.7 Å². The zero-order chi connectivity index (χ0) is 17.2. The topological polar surface area (TPSA) is 58.8 Å². The van der Waals surface area contributed by atoms with Crippen molar-refractivity contribution in [1.82, 2.24) is 9.80 Å². The first-order valence-corrected chi connectivity index (χ1v) is 9.40. The Morgan fingerprint density at radius 1 is 1.23 bits per heavy atom. The van der Waals surface area contributed by atoms with Crippen LogP contribution in [0.1, 0.15) is 18.9 Å². The van der Waals surface area contributed by atoms with Crippen molar-refractivity contribution >= 4 is 46.7 Å². The first-order valence-electron chi connectivity index (χ1n) is 8.61. The van der Waals surface area contributed by atoms with Crippen LogP contribution in [-0.4, -0.2) is 61.6 Å². The SMILES string of the molecule is CC(N)(C(=O)N1CCC(CN2CCOCC2)C1)c1ccc(Br)cc1.Cl.Cl. The van der Waals surface area contributed by atoms with Crippen molar-refractivity contribution in [3.8, 4) is 0 Å². The van der Waals surface area contributed by atoms with Crippen molar-refractivity contribution < 1.29 is 9.53 Å². The average Bonchev–Trinajstić information content (AvgIpc) is 3.04. The minimum absolute atomic E-state index is 0. The molecular formula is C18H28BrCl2N3O2. The van der Waals surface area contributed by atoms with E-state index in [0.717, 1.165) is 62.4 Å². The van der Waals surface area contributed by atoms with Gasteiger partial charge in [-0.3, -0.25) is 9.69 Å². The maximum Gasteiger partial charge on any atom is 0.246 e. The quantitative estimate of drug-likeness (QED) is 0.737. The normalized spacial score (nSPS) is 22.9. The van der Waals surface area contributed by atoms with E-state index in [1.807, 2.05) is 36.1 Å². The second kappa shape index (κ2) is 10.2. The first-order chi connectivity index (χ1) is 11.5. The van der Waals surface area contributed by atoms with Crippen LogP contribution >= 0.6 is 40.7 Å². The van der Waals surface area contributed by atoms with Crippen LogP contribution in [0.25, 0.3) is 0 Å². The summed E-state index contributed by atoms with van der Waals surface area (Å²) < 4.78 is 6.39. The number of hydrogen-bond donors (Lipinski definition) is 1. The number of likely N-dealkylation sites (tertiary alicyclic amines) is 1. The molecule has 26 heavy (non-hydrogen) atoms. The molecule has 2 heterocycles. The lowest BCUT2D eigenvalue weighted by Gasteiger charge is -2.31. The smallest absolute Gasteiger partial charge is 0.246 e. The highest BCUT2D eigenvalue weighted by Gasteiger charge is 2.38. The van der Waals surface area contributed by atoms with Gasteiger partial charge in [0, 0.05) is 37.2 Å². The van der Waals surface area contributed by atoms with Crippen LogP contribution in [-0.2, 0) is 15.1 Å². The van der Waals surface area contributed by atoms with E-state index < -0.39 is 5.54 Å². The number of morpholine rings is 1. The van der Waals surface area contributed by atoms with E-state index in [9.17, 15) is 4.79 Å². The fourth-order valence-electron chi connectivity index (χ4n) is 3.56. The Balaban J connectivity index is 0.00000169. The second-order valence-corrected chi connectivity index (χ2v) is 7.94. The van der Waals surface area contributed by atoms with Crippen molar-refractivity contribution in [3.05, 3.63) is 34.3 Å². The number of halogens is 3. The molecule has 5 nitrogen and oxygen atoms in total. The van der Waals surface area contributed by atoms with Crippen LogP contribution in [0, 0.1) is 5.92 Å². The third kappa shape index (κ3) is 5.57. The summed E-state index contributed by atoms with van der Waals surface area (Å²) in [6.45, 7) is 8.10. The Hall–Kier alpha value is -0.370. The molecule has 1 amide bonds. The fourth-order valence-corrected chi connectivity index (χ4v) is 3.83. The molecule has 8 heteroatoms. The van der Waals surface area contributed by atoms with Gasteiger partial charge in [0.25, 0.3) is 0 Å². The molecule has 2 aliphatic rings. The van der Waals surface area contributed by atoms with Gasteiger partial charge in [-0.1, -0.05) is 28.1 Å². The number of carbonyl (C=O) groups excluding carboxylic acids is 1. The van der Waals surface area contributed by atoms with E-state index in [1.54, 1.807) is 0 Å². The zero-order valence-corrected chi connectivity index (χ0v) is 18.2. The molecule has 2 unspecified atom stereocenters. The van der Waals surface area contributed by atoms with E-state index in [2.05, 4.69) is 20.8 Å². The Bertz CT molecular complexity index is 580. The molecule has 2 atom stereocenters. The minimum atomic E-state index is -0.978. The molecule has 0 bridgehead atoms. The second-order valence-electron chi connectivity index (χ2n) is 7.03. The highest BCUT2D eigenvalue weighted by molar-refractivity contribution is 9.10. The maximum atomic E-state index is 12.9. The summed E-state index contributed by atoms with van der Waals surface area (Å²) in [4.78, 5) is 17.3. The largest absolute Gasteiger partial charge is 0.379 e. The summed E-state index contributed by atoms with van der Waals surface area (Å²) in [5.41, 5.74) is 6.28. The number of benzene rings is 1. The number of amides is 1. The minimum Gasteiger partial charge on any atom is -0.379 e. The molecule has 0 spiro atoms. The summed E-state index contributed by atoms with van der Waals surface area (Å²) in [5, 5.41) is 0. The molecule has 2 saturated heterocycles. The van der Waals surface area contributed by atoms with E-state index >= 15 is 0 Å². The third-order valence-electron chi connectivity index (χ3n) is 5.08. The molecule has 1 aromatic rings. The molecule has 1 aromatic carbocycles. The molecule has 148 valence electrons. The van der Waals surface area contributed by atoms with Gasteiger partial charge < -0.3 is 15.4 Å². The zero-order valence-electron chi connectivity index (χ0n) is 15.0. The van der Waals surface area contributed by atoms with Gasteiger partial charge in [-0.05, 0) is 37.0 Å². The summed E-state index contributed by atoms with van der Waals surface area (Å²) >= 11 is 3.42. The Morgan fingerprint density at radius 3 is 2.46 bits per heavy atom. The number of ether oxygens (including phenoxy) is 1. The fraction of sp³-hybridized carbons (Fsp3) is 0.611. The van der Waals surface area contributed by atoms with Gasteiger partial charge in [0.15, 0.2) is 0 Å². The van der Waals surface area contributed by atoms with Crippen LogP contribution < -0.4 is 5.73 Å². The van der Waals surface area contributed by atoms with E-state index in [1.165, 1.54) is 0 Å². The summed E-state index contributed by atoms with van der Waals surface area (Å²) in [7, 11) is 0. The molecule has 2 N–H and O–H groups in total. The molecule has 0 aliphatic carbocycles. The Morgan fingerprint density at radius 2 is 1.85 bits per heavy atom. The van der Waals surface area contributed by atoms with Gasteiger partial charge in [0.05, 0.1) is 13.2 Å². The first kappa shape index (κ1) is 23.7. The maximum absolute atomic E-state index is 12.9. The van der Waals surface area contributed by atoms with Gasteiger partial charge >= 0.3 is 0 Å². The van der Waals surface area contributed by atoms with Gasteiger partial charge in [0.1, 0.15) is 5.54 Å². The molecular weight excluding hydrogens is 441 g/mol. The van der Waals surface area contributed by atoms with Crippen molar-refractivity contribution in [2.75, 3.05) is 45.9 Å². The standard InChI is InChI=1S/C18H26BrN3O2.2ClH/c1-18(20,15-2-4-16(19)5-3-15)17(23)22-7-6-14(13-22)12-21-8-10-24-11-9-21;;/h2-5,14H,6-13,20H2,1H3;2*1H. The monoisotopic (exact) mass is 467 g/mol. The predicted octanol–water partition coefficient (Wildman–Crippen LogP) is 2.65. The van der Waals surface area contributed by atoms with Crippen LogP contribution in [0.15, 0.2) is 28.7 Å². The summed E-state index contributed by atoms with van der Waals surface area (Å²) in [6, 6.07) is 7.70. The van der Waals surface area contributed by atoms with Crippen LogP contribution in [0.2, 0.25) is 0 Å². The molecule has 0 radical (unpaired) electrons. The van der Waals surface area contributed by atoms with Crippen molar-refractivity contribution in [2.24, 2.45) is 11.7 Å². The number of hydrogen-bond acceptors (Lipinski definition) is 4. The average molecular weight is 469 g/mol. The summed E-state index contributed by atoms with van der Waals surface area (Å²) in [6.07, 6.45) is 1.06. The van der Waals surface area contributed by atoms with E-state index in [4.69, 9.17) is 10.5 Å². The van der Waals surface area contributed by atoms with Crippen molar-refractivity contribution in [1.29, 1.82) is 0 Å².